The summed E-state index contributed by atoms with van der Waals surface area (Å²) in [4.78, 5) is 25.4. The molecule has 0 saturated heterocycles. The van der Waals surface area contributed by atoms with E-state index in [0.717, 1.165) is 35.9 Å². The number of carbonyl (C=O) groups excluding carboxylic acids is 1. The predicted octanol–water partition coefficient (Wildman–Crippen LogP) is 2.48. The summed E-state index contributed by atoms with van der Waals surface area (Å²) in [5.74, 6) is -0.162. The number of nitrogens with zero attached hydrogens (tertiary/aromatic N) is 2. The van der Waals surface area contributed by atoms with Gasteiger partial charge in [0.25, 0.3) is 5.56 Å². The van der Waals surface area contributed by atoms with Crippen LogP contribution in [0.25, 0.3) is 10.8 Å². The van der Waals surface area contributed by atoms with Crippen LogP contribution in [-0.2, 0) is 11.2 Å². The number of aromatic nitrogens is 3. The standard InChI is InChI=1S/C19H20N4O2/c1-12(23-10-9-13-5-2-3-7-15(13)19(23)25)18(24)21-16-8-4-6-14-11-20-22-17(14)16/h2-3,5,7,9-12,16H,4,6,8H2,1H3,(H,20,22)(H,21,24). The highest BCUT2D eigenvalue weighted by Gasteiger charge is 2.26. The van der Waals surface area contributed by atoms with E-state index in [1.54, 1.807) is 19.2 Å². The maximum Gasteiger partial charge on any atom is 0.259 e. The number of hydrogen-bond acceptors (Lipinski definition) is 3. The number of benzene rings is 1. The Labute approximate surface area is 144 Å². The van der Waals surface area contributed by atoms with Crippen molar-refractivity contribution in [3.63, 3.8) is 0 Å². The molecule has 2 N–H and O–H groups in total. The maximum atomic E-state index is 12.7. The van der Waals surface area contributed by atoms with Gasteiger partial charge >= 0.3 is 0 Å². The fourth-order valence-electron chi connectivity index (χ4n) is 3.54. The van der Waals surface area contributed by atoms with E-state index in [9.17, 15) is 9.59 Å². The van der Waals surface area contributed by atoms with Gasteiger partial charge in [0.1, 0.15) is 6.04 Å². The van der Waals surface area contributed by atoms with Gasteiger partial charge in [0, 0.05) is 11.6 Å². The lowest BCUT2D eigenvalue weighted by Crippen LogP contribution is -2.38. The molecule has 2 unspecified atom stereocenters. The van der Waals surface area contributed by atoms with Crippen molar-refractivity contribution in [3.05, 3.63) is 64.3 Å². The van der Waals surface area contributed by atoms with Gasteiger partial charge in [0.05, 0.1) is 17.9 Å². The Kier molecular flexibility index (Phi) is 3.87. The number of aryl methyl sites for hydroxylation is 1. The fraction of sp³-hybridized carbons (Fsp3) is 0.316. The third kappa shape index (κ3) is 2.73. The number of aromatic amines is 1. The van der Waals surface area contributed by atoms with Gasteiger partial charge in [-0.2, -0.15) is 5.10 Å². The molecule has 0 radical (unpaired) electrons. The van der Waals surface area contributed by atoms with Crippen molar-refractivity contribution in [1.82, 2.24) is 20.1 Å². The molecule has 0 saturated carbocycles. The van der Waals surface area contributed by atoms with Gasteiger partial charge in [-0.25, -0.2) is 0 Å². The second-order valence-corrected chi connectivity index (χ2v) is 6.55. The SMILES string of the molecule is CC(C(=O)NC1CCCc2cn[nH]c21)n1ccc2ccccc2c1=O. The molecule has 0 aliphatic heterocycles. The highest BCUT2D eigenvalue weighted by Crippen LogP contribution is 2.28. The predicted molar refractivity (Wildman–Crippen MR) is 95.3 cm³/mol. The van der Waals surface area contributed by atoms with E-state index < -0.39 is 6.04 Å². The quantitative estimate of drug-likeness (QED) is 0.771. The molecule has 25 heavy (non-hydrogen) atoms. The van der Waals surface area contributed by atoms with E-state index in [4.69, 9.17) is 0 Å². The number of pyridine rings is 1. The molecule has 0 spiro atoms. The molecule has 4 rings (SSSR count). The Balaban J connectivity index is 1.60. The first-order valence-electron chi connectivity index (χ1n) is 8.57. The molecule has 3 aromatic rings. The van der Waals surface area contributed by atoms with Crippen LogP contribution in [0.5, 0.6) is 0 Å². The molecule has 2 atom stereocenters. The van der Waals surface area contributed by atoms with Gasteiger partial charge in [-0.1, -0.05) is 18.2 Å². The van der Waals surface area contributed by atoms with E-state index >= 15 is 0 Å². The number of amides is 1. The molecule has 1 aliphatic carbocycles. The number of carbonyl (C=O) groups is 1. The first kappa shape index (κ1) is 15.6. The first-order chi connectivity index (χ1) is 12.1. The normalized spacial score (nSPS) is 17.9. The van der Waals surface area contributed by atoms with Crippen LogP contribution in [0.4, 0.5) is 0 Å². The summed E-state index contributed by atoms with van der Waals surface area (Å²) in [7, 11) is 0. The molecule has 128 valence electrons. The van der Waals surface area contributed by atoms with Crippen molar-refractivity contribution < 1.29 is 4.79 Å². The van der Waals surface area contributed by atoms with Crippen LogP contribution in [-0.4, -0.2) is 20.7 Å². The van der Waals surface area contributed by atoms with Gasteiger partial charge in [-0.3, -0.25) is 14.7 Å². The molecule has 1 aromatic carbocycles. The lowest BCUT2D eigenvalue weighted by Gasteiger charge is -2.25. The number of nitrogens with one attached hydrogen (secondary N) is 2. The Bertz CT molecular complexity index is 988. The minimum absolute atomic E-state index is 0.0719. The second-order valence-electron chi connectivity index (χ2n) is 6.55. The van der Waals surface area contributed by atoms with Crippen molar-refractivity contribution in [2.24, 2.45) is 0 Å². The summed E-state index contributed by atoms with van der Waals surface area (Å²) in [6.45, 7) is 1.75. The molecule has 1 amide bonds. The van der Waals surface area contributed by atoms with Crippen LogP contribution >= 0.6 is 0 Å². The highest BCUT2D eigenvalue weighted by molar-refractivity contribution is 5.83. The van der Waals surface area contributed by atoms with Crippen molar-refractivity contribution in [1.29, 1.82) is 0 Å². The zero-order chi connectivity index (χ0) is 17.4. The molecule has 0 fully saturated rings. The topological polar surface area (TPSA) is 79.8 Å². The van der Waals surface area contributed by atoms with Crippen molar-refractivity contribution >= 4 is 16.7 Å². The van der Waals surface area contributed by atoms with Crippen LogP contribution in [0.2, 0.25) is 0 Å². The Morgan fingerprint density at radius 2 is 2.20 bits per heavy atom. The minimum atomic E-state index is -0.578. The summed E-state index contributed by atoms with van der Waals surface area (Å²) in [6.07, 6.45) is 6.39. The average molecular weight is 336 g/mol. The van der Waals surface area contributed by atoms with E-state index in [1.165, 1.54) is 4.57 Å². The van der Waals surface area contributed by atoms with Crippen LogP contribution in [0.3, 0.4) is 0 Å². The lowest BCUT2D eigenvalue weighted by atomic mass is 9.93. The zero-order valence-electron chi connectivity index (χ0n) is 14.0. The van der Waals surface area contributed by atoms with Crippen molar-refractivity contribution in [3.8, 4) is 0 Å². The first-order valence-corrected chi connectivity index (χ1v) is 8.57. The van der Waals surface area contributed by atoms with E-state index in [0.29, 0.717) is 5.39 Å². The van der Waals surface area contributed by atoms with Gasteiger partial charge < -0.3 is 9.88 Å². The van der Waals surface area contributed by atoms with Crippen LogP contribution in [0.15, 0.2) is 47.5 Å². The largest absolute Gasteiger partial charge is 0.346 e. The lowest BCUT2D eigenvalue weighted by molar-refractivity contribution is -0.124. The van der Waals surface area contributed by atoms with Gasteiger partial charge in [0.2, 0.25) is 5.91 Å². The summed E-state index contributed by atoms with van der Waals surface area (Å²) >= 11 is 0. The van der Waals surface area contributed by atoms with Gasteiger partial charge in [0.15, 0.2) is 0 Å². The number of H-pyrrole nitrogens is 1. The van der Waals surface area contributed by atoms with E-state index in [2.05, 4.69) is 15.5 Å². The number of hydrogen-bond donors (Lipinski definition) is 2. The van der Waals surface area contributed by atoms with Crippen LogP contribution in [0, 0.1) is 0 Å². The molecule has 1 aliphatic rings. The van der Waals surface area contributed by atoms with Crippen molar-refractivity contribution in [2.45, 2.75) is 38.3 Å². The molecule has 6 nitrogen and oxygen atoms in total. The fourth-order valence-corrected chi connectivity index (χ4v) is 3.54. The zero-order valence-corrected chi connectivity index (χ0v) is 14.0. The molecule has 6 heteroatoms. The summed E-state index contributed by atoms with van der Waals surface area (Å²) in [5.41, 5.74) is 2.00. The smallest absolute Gasteiger partial charge is 0.259 e. The van der Waals surface area contributed by atoms with Gasteiger partial charge in [-0.15, -0.1) is 0 Å². The number of fused-ring (bicyclic) bond motifs is 2. The number of rotatable bonds is 3. The third-order valence-electron chi connectivity index (χ3n) is 4.99. The second kappa shape index (κ2) is 6.20. The molecule has 2 heterocycles. The molecular formula is C19H20N4O2. The maximum absolute atomic E-state index is 12.7. The molecular weight excluding hydrogens is 316 g/mol. The van der Waals surface area contributed by atoms with Gasteiger partial charge in [-0.05, 0) is 49.3 Å². The average Bonchev–Trinajstić information content (AvgIpc) is 3.11. The molecule has 2 aromatic heterocycles. The summed E-state index contributed by atoms with van der Waals surface area (Å²) in [5, 5.41) is 11.6. The Morgan fingerprint density at radius 1 is 1.36 bits per heavy atom. The van der Waals surface area contributed by atoms with E-state index in [1.807, 2.05) is 30.5 Å². The summed E-state index contributed by atoms with van der Waals surface area (Å²) < 4.78 is 1.49. The van der Waals surface area contributed by atoms with Crippen LogP contribution < -0.4 is 10.9 Å². The Hall–Kier alpha value is -2.89. The monoisotopic (exact) mass is 336 g/mol. The molecule has 0 bridgehead atoms. The third-order valence-corrected chi connectivity index (χ3v) is 4.99. The van der Waals surface area contributed by atoms with Crippen LogP contribution in [0.1, 0.15) is 43.1 Å². The van der Waals surface area contributed by atoms with E-state index in [-0.39, 0.29) is 17.5 Å². The summed E-state index contributed by atoms with van der Waals surface area (Å²) in [6, 6.07) is 8.63. The Morgan fingerprint density at radius 3 is 3.08 bits per heavy atom. The van der Waals surface area contributed by atoms with Crippen molar-refractivity contribution in [2.75, 3.05) is 0 Å². The highest BCUT2D eigenvalue weighted by atomic mass is 16.2. The minimum Gasteiger partial charge on any atom is -0.346 e.